The van der Waals surface area contributed by atoms with E-state index in [2.05, 4.69) is 11.2 Å². The van der Waals surface area contributed by atoms with E-state index < -0.39 is 32.6 Å². The molecule has 2 aromatic rings. The number of carbonyl (C=O) groups excluding carboxylic acids is 2. The first-order valence-corrected chi connectivity index (χ1v) is 10.6. The van der Waals surface area contributed by atoms with Gasteiger partial charge in [0.1, 0.15) is 5.60 Å². The van der Waals surface area contributed by atoms with Gasteiger partial charge in [-0.05, 0) is 45.4 Å². The van der Waals surface area contributed by atoms with E-state index in [4.69, 9.17) is 4.74 Å². The van der Waals surface area contributed by atoms with E-state index in [1.165, 1.54) is 12.1 Å². The highest BCUT2D eigenvalue weighted by atomic mass is 32.2. The molecule has 3 rings (SSSR count). The predicted molar refractivity (Wildman–Crippen MR) is 109 cm³/mol. The Balaban J connectivity index is 2.10. The zero-order chi connectivity index (χ0) is 21.4. The molecule has 2 aromatic carbocycles. The molecule has 1 aliphatic rings. The topological polar surface area (TPSA) is 77.5 Å². The van der Waals surface area contributed by atoms with Gasteiger partial charge in [-0.2, -0.15) is 0 Å². The molecule has 5 nitrogen and oxygen atoms in total. The van der Waals surface area contributed by atoms with Gasteiger partial charge < -0.3 is 4.74 Å². The summed E-state index contributed by atoms with van der Waals surface area (Å²) in [5, 5.41) is 2.21. The maximum Gasteiger partial charge on any atom is 0.333 e. The highest BCUT2D eigenvalue weighted by molar-refractivity contribution is 7.96. The normalized spacial score (nSPS) is 18.6. The highest BCUT2D eigenvalue weighted by Crippen LogP contribution is 2.38. The van der Waals surface area contributed by atoms with E-state index in [0.717, 1.165) is 5.56 Å². The largest absolute Gasteiger partial charge is 0.458 e. The van der Waals surface area contributed by atoms with Gasteiger partial charge in [0.05, 0.1) is 4.90 Å². The lowest BCUT2D eigenvalue weighted by molar-refractivity contribution is -0.161. The molecule has 1 atom stereocenters. The van der Waals surface area contributed by atoms with Gasteiger partial charge >= 0.3 is 5.97 Å². The van der Waals surface area contributed by atoms with Crippen LogP contribution in [0.15, 0.2) is 53.4 Å². The number of benzene rings is 2. The number of ether oxygens (including phenoxy) is 1. The lowest BCUT2D eigenvalue weighted by atomic mass is 9.84. The average molecular weight is 410 g/mol. The number of ketones is 1. The van der Waals surface area contributed by atoms with Crippen molar-refractivity contribution in [2.24, 2.45) is 5.41 Å². The molecule has 0 heterocycles. The van der Waals surface area contributed by atoms with Crippen LogP contribution < -0.4 is 0 Å². The molecule has 1 aliphatic carbocycles. The molecule has 0 aromatic heterocycles. The van der Waals surface area contributed by atoms with Gasteiger partial charge in [0.2, 0.25) is 9.84 Å². The third kappa shape index (κ3) is 4.10. The molecule has 0 N–H and O–H groups in total. The SMILES string of the molecule is Cc1ccc(S(=O)(=O)C#C[C@@]2(C(=O)OC(C)(C)C)Cc3ccccc3C2=O)cc1. The zero-order valence-corrected chi connectivity index (χ0v) is 17.6. The van der Waals surface area contributed by atoms with Crippen LogP contribution in [0.1, 0.15) is 42.3 Å². The lowest BCUT2D eigenvalue weighted by Gasteiger charge is -2.26. The molecule has 29 heavy (non-hydrogen) atoms. The Morgan fingerprint density at radius 2 is 1.69 bits per heavy atom. The number of fused-ring (bicyclic) bond motifs is 1. The van der Waals surface area contributed by atoms with Crippen molar-refractivity contribution in [1.29, 1.82) is 0 Å². The first kappa shape index (κ1) is 20.8. The van der Waals surface area contributed by atoms with Crippen molar-refractivity contribution in [1.82, 2.24) is 0 Å². The molecule has 150 valence electrons. The minimum Gasteiger partial charge on any atom is -0.458 e. The molecular formula is C23H22O5S. The molecule has 0 unspecified atom stereocenters. The number of rotatable bonds is 2. The first-order valence-electron chi connectivity index (χ1n) is 9.16. The van der Waals surface area contributed by atoms with Crippen LogP contribution in [0, 0.1) is 23.5 Å². The monoisotopic (exact) mass is 410 g/mol. The van der Waals surface area contributed by atoms with Gasteiger partial charge in [-0.15, -0.1) is 0 Å². The van der Waals surface area contributed by atoms with E-state index in [9.17, 15) is 18.0 Å². The van der Waals surface area contributed by atoms with E-state index >= 15 is 0 Å². The standard InChI is InChI=1S/C23H22O5S/c1-16-9-11-18(12-10-16)29(26,27)14-13-23(21(25)28-22(2,3)4)15-17-7-5-6-8-19(17)20(23)24/h5-12H,15H2,1-4H3/t23-/m1/s1. The number of carbonyl (C=O) groups is 2. The van der Waals surface area contributed by atoms with Gasteiger partial charge in [0.25, 0.3) is 0 Å². The number of hydrogen-bond donors (Lipinski definition) is 0. The van der Waals surface area contributed by atoms with Crippen molar-refractivity contribution in [3.05, 3.63) is 65.2 Å². The van der Waals surface area contributed by atoms with Gasteiger partial charge in [-0.3, -0.25) is 4.79 Å². The quantitative estimate of drug-likeness (QED) is 0.328. The van der Waals surface area contributed by atoms with E-state index in [-0.39, 0.29) is 11.3 Å². The summed E-state index contributed by atoms with van der Waals surface area (Å²) in [6.45, 7) is 6.89. The number of Topliss-reactive ketones (excluding diaryl/α,β-unsaturated/α-hetero) is 1. The molecule has 0 aliphatic heterocycles. The van der Waals surface area contributed by atoms with E-state index in [0.29, 0.717) is 11.1 Å². The van der Waals surface area contributed by atoms with Gasteiger partial charge in [-0.1, -0.05) is 47.9 Å². The Bertz CT molecular complexity index is 1140. The molecule has 0 saturated carbocycles. The number of esters is 1. The van der Waals surface area contributed by atoms with Crippen LogP contribution in [0.25, 0.3) is 0 Å². The summed E-state index contributed by atoms with van der Waals surface area (Å²) in [5.41, 5.74) is -0.819. The van der Waals surface area contributed by atoms with Crippen molar-refractivity contribution in [2.45, 2.75) is 44.6 Å². The second-order valence-corrected chi connectivity index (χ2v) is 9.80. The maximum atomic E-state index is 13.1. The van der Waals surface area contributed by atoms with Gasteiger partial charge in [0.15, 0.2) is 11.2 Å². The molecular weight excluding hydrogens is 388 g/mol. The van der Waals surface area contributed by atoms with Crippen molar-refractivity contribution in [3.8, 4) is 11.2 Å². The molecule has 0 radical (unpaired) electrons. The smallest absolute Gasteiger partial charge is 0.333 e. The fourth-order valence-corrected chi connectivity index (χ4v) is 4.03. The highest BCUT2D eigenvalue weighted by Gasteiger charge is 2.53. The summed E-state index contributed by atoms with van der Waals surface area (Å²) in [5.74, 6) is 1.14. The Labute approximate surface area is 171 Å². The fourth-order valence-electron chi connectivity index (χ4n) is 3.10. The Kier molecular flexibility index (Phi) is 5.14. The average Bonchev–Trinajstić information content (AvgIpc) is 2.93. The molecule has 0 fully saturated rings. The Hall–Kier alpha value is -2.91. The third-order valence-electron chi connectivity index (χ3n) is 4.58. The summed E-state index contributed by atoms with van der Waals surface area (Å²) < 4.78 is 30.8. The number of hydrogen-bond acceptors (Lipinski definition) is 5. The Morgan fingerprint density at radius 3 is 2.28 bits per heavy atom. The molecule has 0 bridgehead atoms. The lowest BCUT2D eigenvalue weighted by Crippen LogP contribution is -2.41. The van der Waals surface area contributed by atoms with E-state index in [1.54, 1.807) is 57.2 Å². The fraction of sp³-hybridized carbons (Fsp3) is 0.304. The second kappa shape index (κ2) is 7.16. The van der Waals surface area contributed by atoms with Crippen LogP contribution in [-0.2, 0) is 25.8 Å². The van der Waals surface area contributed by atoms with Gasteiger partial charge in [0, 0.05) is 17.2 Å². The van der Waals surface area contributed by atoms with E-state index in [1.807, 2.05) is 6.92 Å². The van der Waals surface area contributed by atoms with Crippen LogP contribution in [0.3, 0.4) is 0 Å². The summed E-state index contributed by atoms with van der Waals surface area (Å²) in [7, 11) is -4.01. The van der Waals surface area contributed by atoms with Crippen molar-refractivity contribution in [2.75, 3.05) is 0 Å². The van der Waals surface area contributed by atoms with Crippen molar-refractivity contribution >= 4 is 21.6 Å². The van der Waals surface area contributed by atoms with Crippen LogP contribution in [0.2, 0.25) is 0 Å². The summed E-state index contributed by atoms with van der Waals surface area (Å²) >= 11 is 0. The minimum atomic E-state index is -4.01. The molecule has 6 heteroatoms. The maximum absolute atomic E-state index is 13.1. The Morgan fingerprint density at radius 1 is 1.07 bits per heavy atom. The minimum absolute atomic E-state index is 0.0119. The summed E-state index contributed by atoms with van der Waals surface area (Å²) in [4.78, 5) is 26.2. The number of sulfone groups is 1. The summed E-state index contributed by atoms with van der Waals surface area (Å²) in [6.07, 6.45) is -0.0205. The predicted octanol–water partition coefficient (Wildman–Crippen LogP) is 3.50. The van der Waals surface area contributed by atoms with Crippen molar-refractivity contribution < 1.29 is 22.7 Å². The molecule has 0 spiro atoms. The van der Waals surface area contributed by atoms with Crippen LogP contribution in [0.4, 0.5) is 0 Å². The third-order valence-corrected chi connectivity index (χ3v) is 5.85. The molecule has 0 saturated heterocycles. The van der Waals surface area contributed by atoms with Crippen LogP contribution >= 0.6 is 0 Å². The second-order valence-electron chi connectivity index (χ2n) is 8.11. The number of aryl methyl sites for hydroxylation is 1. The van der Waals surface area contributed by atoms with Gasteiger partial charge in [-0.25, -0.2) is 13.2 Å². The molecule has 0 amide bonds. The van der Waals surface area contributed by atoms with Crippen LogP contribution in [-0.4, -0.2) is 25.8 Å². The first-order chi connectivity index (χ1) is 13.4. The summed E-state index contributed by atoms with van der Waals surface area (Å²) in [6, 6.07) is 13.0. The van der Waals surface area contributed by atoms with Crippen molar-refractivity contribution in [3.63, 3.8) is 0 Å². The van der Waals surface area contributed by atoms with Crippen LogP contribution in [0.5, 0.6) is 0 Å². The zero-order valence-electron chi connectivity index (χ0n) is 16.8.